The fourth-order valence-corrected chi connectivity index (χ4v) is 2.48. The van der Waals surface area contributed by atoms with Gasteiger partial charge >= 0.3 is 0 Å². The van der Waals surface area contributed by atoms with Crippen LogP contribution in [0.4, 0.5) is 0 Å². The smallest absolute Gasteiger partial charge is 0.278 e. The van der Waals surface area contributed by atoms with Gasteiger partial charge in [-0.1, -0.05) is 68.7 Å². The summed E-state index contributed by atoms with van der Waals surface area (Å²) in [6.45, 7) is 2.09. The molecule has 0 aliphatic rings. The number of unbranched alkanes of at least 4 members (excludes halogenated alkanes) is 3. The molecule has 0 heterocycles. The molecule has 2 aromatic carbocycles. The third-order valence-corrected chi connectivity index (χ3v) is 3.91. The van der Waals surface area contributed by atoms with Gasteiger partial charge in [0.2, 0.25) is 0 Å². The molecule has 0 aromatic heterocycles. The minimum atomic E-state index is -0.685. The van der Waals surface area contributed by atoms with Gasteiger partial charge < -0.3 is 0 Å². The molecular weight excluding hydrogens is 302 g/mol. The number of rotatable bonds is 7. The highest BCUT2D eigenvalue weighted by molar-refractivity contribution is 6.03. The number of hydrogen-bond acceptors (Lipinski definition) is 3. The molecule has 1 N–H and O–H groups in total. The van der Waals surface area contributed by atoms with Gasteiger partial charge in [0.1, 0.15) is 0 Å². The first kappa shape index (κ1) is 17.9. The van der Waals surface area contributed by atoms with Crippen LogP contribution in [0.3, 0.4) is 0 Å². The summed E-state index contributed by atoms with van der Waals surface area (Å²) in [5, 5.41) is 10.1. The summed E-state index contributed by atoms with van der Waals surface area (Å²) in [5.41, 5.74) is 2.31. The molecule has 0 radical (unpaired) electrons. The number of hydrogen-bond donors (Lipinski definition) is 1. The molecule has 2 amide bonds. The third-order valence-electron chi connectivity index (χ3n) is 3.91. The largest absolute Gasteiger partial charge is 0.284 e. The van der Waals surface area contributed by atoms with Crippen molar-refractivity contribution in [1.29, 1.82) is 0 Å². The lowest BCUT2D eigenvalue weighted by Crippen LogP contribution is -2.33. The van der Waals surface area contributed by atoms with Crippen LogP contribution >= 0.6 is 0 Å². The standard InChI is InChI=1S/C20H23NO3/c1-2-3-4-8-11-19(22)21(24)20(23)18-14-12-17(13-15-18)16-9-6-5-7-10-16/h5-7,9-10,12-15,24H,2-4,8,11H2,1H3. The second kappa shape index (κ2) is 8.99. The molecule has 0 saturated carbocycles. The molecule has 0 saturated heterocycles. The third kappa shape index (κ3) is 4.77. The molecule has 126 valence electrons. The van der Waals surface area contributed by atoms with E-state index in [1.54, 1.807) is 12.1 Å². The van der Waals surface area contributed by atoms with Crippen LogP contribution in [0.2, 0.25) is 0 Å². The quantitative estimate of drug-likeness (QED) is 0.457. The fourth-order valence-electron chi connectivity index (χ4n) is 2.48. The van der Waals surface area contributed by atoms with Gasteiger partial charge in [-0.15, -0.1) is 0 Å². The summed E-state index contributed by atoms with van der Waals surface area (Å²) in [6, 6.07) is 16.7. The number of imide groups is 1. The number of amides is 2. The van der Waals surface area contributed by atoms with Crippen LogP contribution in [0.25, 0.3) is 11.1 Å². The summed E-state index contributed by atoms with van der Waals surface area (Å²) in [7, 11) is 0. The average Bonchev–Trinajstić information content (AvgIpc) is 2.64. The van der Waals surface area contributed by atoms with E-state index in [0.717, 1.165) is 30.4 Å². The zero-order valence-electron chi connectivity index (χ0n) is 13.9. The van der Waals surface area contributed by atoms with Gasteiger partial charge in [-0.05, 0) is 29.7 Å². The lowest BCUT2D eigenvalue weighted by Gasteiger charge is -2.13. The second-order valence-electron chi connectivity index (χ2n) is 5.76. The van der Waals surface area contributed by atoms with Gasteiger partial charge in [0, 0.05) is 12.0 Å². The average molecular weight is 325 g/mol. The van der Waals surface area contributed by atoms with Crippen LogP contribution in [0.1, 0.15) is 49.4 Å². The molecule has 0 fully saturated rings. The molecule has 0 spiro atoms. The Kier molecular flexibility index (Phi) is 6.70. The molecule has 0 unspecified atom stereocenters. The molecule has 0 bridgehead atoms. The van der Waals surface area contributed by atoms with Crippen LogP contribution in [0.5, 0.6) is 0 Å². The van der Waals surface area contributed by atoms with Crippen molar-refractivity contribution in [3.05, 3.63) is 60.2 Å². The first-order valence-electron chi connectivity index (χ1n) is 8.35. The predicted molar refractivity (Wildman–Crippen MR) is 93.6 cm³/mol. The lowest BCUT2D eigenvalue weighted by molar-refractivity contribution is -0.153. The first-order chi connectivity index (χ1) is 11.6. The van der Waals surface area contributed by atoms with Gasteiger partial charge in [-0.25, -0.2) is 0 Å². The predicted octanol–water partition coefficient (Wildman–Crippen LogP) is 4.68. The number of benzene rings is 2. The van der Waals surface area contributed by atoms with E-state index in [2.05, 4.69) is 6.92 Å². The van der Waals surface area contributed by atoms with Crippen LogP contribution in [0, 0.1) is 0 Å². The summed E-state index contributed by atoms with van der Waals surface area (Å²) in [5.74, 6) is -1.24. The van der Waals surface area contributed by atoms with Crippen molar-refractivity contribution in [2.45, 2.75) is 39.0 Å². The van der Waals surface area contributed by atoms with Crippen LogP contribution < -0.4 is 0 Å². The highest BCUT2D eigenvalue weighted by Crippen LogP contribution is 2.19. The Hall–Kier alpha value is -2.46. The van der Waals surface area contributed by atoms with Crippen LogP contribution in [-0.4, -0.2) is 22.1 Å². The molecule has 2 aromatic rings. The van der Waals surface area contributed by atoms with Gasteiger partial charge in [-0.2, -0.15) is 5.06 Å². The van der Waals surface area contributed by atoms with Crippen molar-refractivity contribution in [3.63, 3.8) is 0 Å². The maximum atomic E-state index is 12.2. The lowest BCUT2D eigenvalue weighted by atomic mass is 10.0. The molecule has 4 nitrogen and oxygen atoms in total. The van der Waals surface area contributed by atoms with Gasteiger partial charge in [-0.3, -0.25) is 14.8 Å². The number of carbonyl (C=O) groups excluding carboxylic acids is 2. The van der Waals surface area contributed by atoms with Gasteiger partial charge in [0.15, 0.2) is 0 Å². The van der Waals surface area contributed by atoms with Gasteiger partial charge in [0.05, 0.1) is 0 Å². The number of hydroxylamine groups is 2. The normalized spacial score (nSPS) is 10.4. The highest BCUT2D eigenvalue weighted by Gasteiger charge is 2.20. The molecule has 0 aliphatic carbocycles. The Morgan fingerprint density at radius 3 is 2.12 bits per heavy atom. The van der Waals surface area contributed by atoms with Gasteiger partial charge in [0.25, 0.3) is 11.8 Å². The first-order valence-corrected chi connectivity index (χ1v) is 8.35. The molecule has 0 aliphatic heterocycles. The Labute approximate surface area is 142 Å². The molecular formula is C20H23NO3. The van der Waals surface area contributed by atoms with Crippen molar-refractivity contribution < 1.29 is 14.8 Å². The SMILES string of the molecule is CCCCCCC(=O)N(O)C(=O)c1ccc(-c2ccccc2)cc1. The fraction of sp³-hybridized carbons (Fsp3) is 0.300. The maximum Gasteiger partial charge on any atom is 0.284 e. The van der Waals surface area contributed by atoms with Crippen molar-refractivity contribution in [2.24, 2.45) is 0 Å². The zero-order valence-corrected chi connectivity index (χ0v) is 13.9. The van der Waals surface area contributed by atoms with E-state index in [-0.39, 0.29) is 11.5 Å². The highest BCUT2D eigenvalue weighted by atomic mass is 16.5. The minimum Gasteiger partial charge on any atom is -0.278 e. The van der Waals surface area contributed by atoms with E-state index in [9.17, 15) is 14.8 Å². The Morgan fingerprint density at radius 1 is 0.875 bits per heavy atom. The Balaban J connectivity index is 1.97. The van der Waals surface area contributed by atoms with E-state index in [1.807, 2.05) is 42.5 Å². The molecule has 24 heavy (non-hydrogen) atoms. The second-order valence-corrected chi connectivity index (χ2v) is 5.76. The summed E-state index contributed by atoms with van der Waals surface area (Å²) < 4.78 is 0. The van der Waals surface area contributed by atoms with E-state index in [0.29, 0.717) is 12.0 Å². The number of nitrogens with zero attached hydrogens (tertiary/aromatic N) is 1. The summed E-state index contributed by atoms with van der Waals surface area (Å²) in [6.07, 6.45) is 3.92. The molecule has 0 atom stereocenters. The van der Waals surface area contributed by atoms with Crippen LogP contribution in [0.15, 0.2) is 54.6 Å². The van der Waals surface area contributed by atoms with E-state index in [1.165, 1.54) is 0 Å². The van der Waals surface area contributed by atoms with Crippen LogP contribution in [-0.2, 0) is 4.79 Å². The van der Waals surface area contributed by atoms with Crippen molar-refractivity contribution in [1.82, 2.24) is 5.06 Å². The summed E-state index contributed by atoms with van der Waals surface area (Å²) in [4.78, 5) is 24.0. The Bertz CT molecular complexity index is 665. The van der Waals surface area contributed by atoms with Crippen molar-refractivity contribution in [2.75, 3.05) is 0 Å². The Morgan fingerprint density at radius 2 is 1.50 bits per heavy atom. The molecule has 2 rings (SSSR count). The minimum absolute atomic E-state index is 0.185. The zero-order chi connectivity index (χ0) is 17.4. The van der Waals surface area contributed by atoms with E-state index in [4.69, 9.17) is 0 Å². The van der Waals surface area contributed by atoms with Crippen molar-refractivity contribution in [3.8, 4) is 11.1 Å². The summed E-state index contributed by atoms with van der Waals surface area (Å²) >= 11 is 0. The van der Waals surface area contributed by atoms with E-state index < -0.39 is 11.8 Å². The van der Waals surface area contributed by atoms with Crippen molar-refractivity contribution >= 4 is 11.8 Å². The van der Waals surface area contributed by atoms with E-state index >= 15 is 0 Å². The topological polar surface area (TPSA) is 57.6 Å². The molecule has 4 heteroatoms. The monoisotopic (exact) mass is 325 g/mol. The number of carbonyl (C=O) groups is 2. The maximum absolute atomic E-state index is 12.2.